The summed E-state index contributed by atoms with van der Waals surface area (Å²) in [6.07, 6.45) is 0. The van der Waals surface area contributed by atoms with Crippen molar-refractivity contribution in [3.8, 4) is 0 Å². The van der Waals surface area contributed by atoms with Crippen LogP contribution in [0.3, 0.4) is 0 Å². The molecule has 2 aromatic carbocycles. The van der Waals surface area contributed by atoms with E-state index < -0.39 is 17.7 Å². The molecular weight excluding hydrogens is 270 g/mol. The first-order chi connectivity index (χ1) is 9.02. The minimum Gasteiger partial charge on any atom is -0.271 e. The average molecular weight is 283 g/mol. The van der Waals surface area contributed by atoms with Gasteiger partial charge >= 0.3 is 0 Å². The van der Waals surface area contributed by atoms with Crippen LogP contribution in [-0.2, 0) is 0 Å². The molecule has 2 nitrogen and oxygen atoms in total. The van der Waals surface area contributed by atoms with Crippen molar-refractivity contribution in [3.63, 3.8) is 0 Å². The fourth-order valence-electron chi connectivity index (χ4n) is 1.97. The Bertz CT molecular complexity index is 602. The van der Waals surface area contributed by atoms with Crippen LogP contribution in [0.2, 0.25) is 5.02 Å². The third kappa shape index (κ3) is 2.92. The molecule has 0 aliphatic carbocycles. The van der Waals surface area contributed by atoms with Gasteiger partial charge < -0.3 is 0 Å². The van der Waals surface area contributed by atoms with Crippen LogP contribution in [0.1, 0.15) is 22.7 Å². The quantitative estimate of drug-likeness (QED) is 0.668. The van der Waals surface area contributed by atoms with Crippen LogP contribution in [-0.4, -0.2) is 0 Å². The number of nitrogens with two attached hydrogens (primary N) is 1. The summed E-state index contributed by atoms with van der Waals surface area (Å²) in [4.78, 5) is 0. The molecule has 19 heavy (non-hydrogen) atoms. The Morgan fingerprint density at radius 3 is 2.42 bits per heavy atom. The van der Waals surface area contributed by atoms with Crippen LogP contribution in [0.4, 0.5) is 8.78 Å². The number of nitrogens with one attached hydrogen (secondary N) is 1. The van der Waals surface area contributed by atoms with E-state index in [1.807, 2.05) is 6.92 Å². The van der Waals surface area contributed by atoms with Crippen molar-refractivity contribution in [2.75, 3.05) is 0 Å². The van der Waals surface area contributed by atoms with Gasteiger partial charge in [-0.3, -0.25) is 5.84 Å². The highest BCUT2D eigenvalue weighted by Gasteiger charge is 2.20. The maximum atomic E-state index is 13.9. The predicted molar refractivity (Wildman–Crippen MR) is 71.7 cm³/mol. The fourth-order valence-corrected chi connectivity index (χ4v) is 2.13. The summed E-state index contributed by atoms with van der Waals surface area (Å²) < 4.78 is 27.8. The number of benzene rings is 2. The molecule has 0 spiro atoms. The van der Waals surface area contributed by atoms with Gasteiger partial charge in [0.05, 0.1) is 6.04 Å². The summed E-state index contributed by atoms with van der Waals surface area (Å²) in [5, 5.41) is 0.279. The molecule has 0 aliphatic heterocycles. The van der Waals surface area contributed by atoms with Gasteiger partial charge in [0.15, 0.2) is 0 Å². The van der Waals surface area contributed by atoms with Crippen molar-refractivity contribution in [1.82, 2.24) is 5.43 Å². The van der Waals surface area contributed by atoms with E-state index in [1.165, 1.54) is 24.3 Å². The summed E-state index contributed by atoms with van der Waals surface area (Å²) in [7, 11) is 0. The molecule has 5 heteroatoms. The lowest BCUT2D eigenvalue weighted by molar-refractivity contribution is 0.531. The monoisotopic (exact) mass is 282 g/mol. The van der Waals surface area contributed by atoms with Crippen LogP contribution in [0, 0.1) is 18.6 Å². The minimum absolute atomic E-state index is 0.247. The minimum atomic E-state index is -0.767. The second-order valence-corrected chi connectivity index (χ2v) is 4.73. The molecule has 0 fully saturated rings. The SMILES string of the molecule is Cc1ccc(F)c(C(NN)c2ccc(Cl)cc2F)c1. The molecule has 0 saturated heterocycles. The Morgan fingerprint density at radius 1 is 1.05 bits per heavy atom. The molecule has 1 atom stereocenters. The van der Waals surface area contributed by atoms with Crippen LogP contribution in [0.5, 0.6) is 0 Å². The highest BCUT2D eigenvalue weighted by Crippen LogP contribution is 2.28. The number of aryl methyl sites for hydroxylation is 1. The number of halogens is 3. The lowest BCUT2D eigenvalue weighted by Gasteiger charge is -2.19. The van der Waals surface area contributed by atoms with E-state index in [0.29, 0.717) is 5.56 Å². The van der Waals surface area contributed by atoms with Crippen LogP contribution in [0.15, 0.2) is 36.4 Å². The molecule has 0 amide bonds. The number of hydrazine groups is 1. The molecule has 100 valence electrons. The molecule has 2 rings (SSSR count). The van der Waals surface area contributed by atoms with Gasteiger partial charge in [-0.25, -0.2) is 14.2 Å². The topological polar surface area (TPSA) is 38.0 Å². The molecule has 0 radical (unpaired) electrons. The van der Waals surface area contributed by atoms with Crippen LogP contribution in [0.25, 0.3) is 0 Å². The van der Waals surface area contributed by atoms with Gasteiger partial charge in [0.2, 0.25) is 0 Å². The zero-order valence-electron chi connectivity index (χ0n) is 10.3. The Morgan fingerprint density at radius 2 is 1.79 bits per heavy atom. The molecule has 0 heterocycles. The van der Waals surface area contributed by atoms with Crippen molar-refractivity contribution in [2.24, 2.45) is 5.84 Å². The van der Waals surface area contributed by atoms with E-state index in [2.05, 4.69) is 5.43 Å². The van der Waals surface area contributed by atoms with Crippen molar-refractivity contribution in [3.05, 3.63) is 69.7 Å². The lowest BCUT2D eigenvalue weighted by Crippen LogP contribution is -2.30. The first-order valence-corrected chi connectivity index (χ1v) is 6.08. The van der Waals surface area contributed by atoms with Gasteiger partial charge in [-0.05, 0) is 25.1 Å². The van der Waals surface area contributed by atoms with Gasteiger partial charge in [-0.2, -0.15) is 0 Å². The van der Waals surface area contributed by atoms with E-state index >= 15 is 0 Å². The van der Waals surface area contributed by atoms with Gasteiger partial charge in [0.1, 0.15) is 11.6 Å². The van der Waals surface area contributed by atoms with Crippen molar-refractivity contribution >= 4 is 11.6 Å². The molecule has 0 aliphatic rings. The highest BCUT2D eigenvalue weighted by molar-refractivity contribution is 6.30. The molecule has 1 unspecified atom stereocenters. The van der Waals surface area contributed by atoms with E-state index in [-0.39, 0.29) is 10.6 Å². The Labute approximate surface area is 115 Å². The van der Waals surface area contributed by atoms with Crippen molar-refractivity contribution in [1.29, 1.82) is 0 Å². The first kappa shape index (κ1) is 13.9. The van der Waals surface area contributed by atoms with Crippen molar-refractivity contribution in [2.45, 2.75) is 13.0 Å². The summed E-state index contributed by atoms with van der Waals surface area (Å²) >= 11 is 5.70. The molecule has 0 aromatic heterocycles. The van der Waals surface area contributed by atoms with E-state index in [1.54, 1.807) is 12.1 Å². The molecule has 0 bridgehead atoms. The third-order valence-corrected chi connectivity index (χ3v) is 3.14. The summed E-state index contributed by atoms with van der Waals surface area (Å²) in [6.45, 7) is 1.83. The third-order valence-electron chi connectivity index (χ3n) is 2.90. The number of hydrogen-bond acceptors (Lipinski definition) is 2. The number of hydrogen-bond donors (Lipinski definition) is 2. The maximum absolute atomic E-state index is 13.9. The second kappa shape index (κ2) is 5.65. The normalized spacial score (nSPS) is 12.5. The molecule has 2 aromatic rings. The van der Waals surface area contributed by atoms with Gasteiger partial charge in [0.25, 0.3) is 0 Å². The van der Waals surface area contributed by atoms with E-state index in [9.17, 15) is 8.78 Å². The van der Waals surface area contributed by atoms with Crippen molar-refractivity contribution < 1.29 is 8.78 Å². The lowest BCUT2D eigenvalue weighted by atomic mass is 9.97. The average Bonchev–Trinajstić information content (AvgIpc) is 2.36. The molecule has 3 N–H and O–H groups in total. The predicted octanol–water partition coefficient (Wildman–Crippen LogP) is 3.48. The maximum Gasteiger partial charge on any atom is 0.129 e. The largest absolute Gasteiger partial charge is 0.271 e. The van der Waals surface area contributed by atoms with Gasteiger partial charge in [-0.1, -0.05) is 35.4 Å². The Hall–Kier alpha value is -1.49. The standard InChI is InChI=1S/C14H13ClF2N2/c1-8-2-5-12(16)11(6-8)14(19-18)10-4-3-9(15)7-13(10)17/h2-7,14,19H,18H2,1H3. The van der Waals surface area contributed by atoms with E-state index in [0.717, 1.165) is 5.56 Å². The van der Waals surface area contributed by atoms with Crippen LogP contribution < -0.4 is 11.3 Å². The summed E-state index contributed by atoms with van der Waals surface area (Å²) in [6, 6.07) is 8.05. The number of rotatable bonds is 3. The smallest absolute Gasteiger partial charge is 0.129 e. The zero-order valence-corrected chi connectivity index (χ0v) is 11.0. The first-order valence-electron chi connectivity index (χ1n) is 5.70. The Kier molecular flexibility index (Phi) is 4.14. The zero-order chi connectivity index (χ0) is 14.0. The van der Waals surface area contributed by atoms with Gasteiger partial charge in [0, 0.05) is 16.1 Å². The van der Waals surface area contributed by atoms with Crippen LogP contribution >= 0.6 is 11.6 Å². The summed E-state index contributed by atoms with van der Waals surface area (Å²) in [5.74, 6) is 4.47. The Balaban J connectivity index is 2.52. The second-order valence-electron chi connectivity index (χ2n) is 4.29. The van der Waals surface area contributed by atoms with E-state index in [4.69, 9.17) is 17.4 Å². The summed E-state index contributed by atoms with van der Waals surface area (Å²) in [5.41, 5.74) is 3.85. The fraction of sp³-hybridized carbons (Fsp3) is 0.143. The molecule has 0 saturated carbocycles. The highest BCUT2D eigenvalue weighted by atomic mass is 35.5. The van der Waals surface area contributed by atoms with Gasteiger partial charge in [-0.15, -0.1) is 0 Å². The molecular formula is C14H13ClF2N2.